The first-order chi connectivity index (χ1) is 11.2. The maximum atomic E-state index is 11.3. The number of anilines is 1. The zero-order valence-electron chi connectivity index (χ0n) is 13.1. The Kier molecular flexibility index (Phi) is 4.93. The Balaban J connectivity index is 1.72. The molecule has 3 rings (SSSR count). The molecule has 4 heteroatoms. The highest BCUT2D eigenvalue weighted by molar-refractivity contribution is 5.68. The average Bonchev–Trinajstić information content (AvgIpc) is 2.56. The summed E-state index contributed by atoms with van der Waals surface area (Å²) in [5, 5.41) is 9.26. The van der Waals surface area contributed by atoms with Gasteiger partial charge in [-0.15, -0.1) is 0 Å². The number of piperazine rings is 1. The molecule has 0 spiro atoms. The van der Waals surface area contributed by atoms with Crippen LogP contribution in [0.4, 0.5) is 5.69 Å². The normalized spacial score (nSPS) is 18.8. The third-order valence-corrected chi connectivity index (χ3v) is 4.31. The predicted octanol–water partition coefficient (Wildman–Crippen LogP) is 2.85. The van der Waals surface area contributed by atoms with Crippen LogP contribution in [-0.2, 0) is 11.3 Å². The molecule has 0 amide bonds. The molecule has 2 aromatic rings. The first kappa shape index (κ1) is 15.6. The van der Waals surface area contributed by atoms with E-state index in [1.54, 1.807) is 0 Å². The van der Waals surface area contributed by atoms with Crippen molar-refractivity contribution < 1.29 is 9.90 Å². The summed E-state index contributed by atoms with van der Waals surface area (Å²) in [4.78, 5) is 15.8. The van der Waals surface area contributed by atoms with Crippen molar-refractivity contribution in [3.8, 4) is 0 Å². The largest absolute Gasteiger partial charge is 0.481 e. The van der Waals surface area contributed by atoms with Gasteiger partial charge in [0.25, 0.3) is 0 Å². The summed E-state index contributed by atoms with van der Waals surface area (Å²) >= 11 is 0. The molecule has 0 radical (unpaired) electrons. The zero-order chi connectivity index (χ0) is 16.1. The van der Waals surface area contributed by atoms with Crippen LogP contribution >= 0.6 is 0 Å². The van der Waals surface area contributed by atoms with Gasteiger partial charge in [-0.3, -0.25) is 9.69 Å². The maximum Gasteiger partial charge on any atom is 0.305 e. The van der Waals surface area contributed by atoms with Crippen molar-refractivity contribution in [3.05, 3.63) is 66.2 Å². The van der Waals surface area contributed by atoms with Crippen molar-refractivity contribution in [3.63, 3.8) is 0 Å². The summed E-state index contributed by atoms with van der Waals surface area (Å²) < 4.78 is 0. The number of carboxylic acids is 1. The smallest absolute Gasteiger partial charge is 0.305 e. The lowest BCUT2D eigenvalue weighted by atomic mass is 10.1. The van der Waals surface area contributed by atoms with E-state index in [2.05, 4.69) is 34.1 Å². The van der Waals surface area contributed by atoms with Crippen LogP contribution in [0.5, 0.6) is 0 Å². The second-order valence-corrected chi connectivity index (χ2v) is 6.00. The fourth-order valence-electron chi connectivity index (χ4n) is 3.24. The lowest BCUT2D eigenvalue weighted by Gasteiger charge is -2.42. The quantitative estimate of drug-likeness (QED) is 0.922. The molecular weight excluding hydrogens is 288 g/mol. The molecule has 1 aliphatic heterocycles. The van der Waals surface area contributed by atoms with Crippen LogP contribution in [0.3, 0.4) is 0 Å². The van der Waals surface area contributed by atoms with Gasteiger partial charge in [0, 0.05) is 31.9 Å². The van der Waals surface area contributed by atoms with E-state index in [0.717, 1.165) is 31.9 Å². The number of aliphatic carboxylic acids is 1. The SMILES string of the molecule is O=C(O)C[C@H]1CN(Cc2ccccc2)CCN1c1ccccc1. The maximum absolute atomic E-state index is 11.3. The van der Waals surface area contributed by atoms with Gasteiger partial charge >= 0.3 is 5.97 Å². The molecule has 23 heavy (non-hydrogen) atoms. The highest BCUT2D eigenvalue weighted by atomic mass is 16.4. The van der Waals surface area contributed by atoms with E-state index in [1.165, 1.54) is 5.56 Å². The van der Waals surface area contributed by atoms with Crippen LogP contribution < -0.4 is 4.90 Å². The van der Waals surface area contributed by atoms with Crippen molar-refractivity contribution in [2.45, 2.75) is 19.0 Å². The van der Waals surface area contributed by atoms with E-state index in [0.29, 0.717) is 0 Å². The van der Waals surface area contributed by atoms with Gasteiger partial charge in [-0.2, -0.15) is 0 Å². The van der Waals surface area contributed by atoms with E-state index in [1.807, 2.05) is 36.4 Å². The molecule has 4 nitrogen and oxygen atoms in total. The van der Waals surface area contributed by atoms with Crippen molar-refractivity contribution >= 4 is 11.7 Å². The highest BCUT2D eigenvalue weighted by Crippen LogP contribution is 2.23. The zero-order valence-corrected chi connectivity index (χ0v) is 13.1. The lowest BCUT2D eigenvalue weighted by molar-refractivity contribution is -0.137. The molecule has 1 aliphatic rings. The molecule has 0 saturated carbocycles. The molecular formula is C19H22N2O2. The minimum Gasteiger partial charge on any atom is -0.481 e. The van der Waals surface area contributed by atoms with Gasteiger partial charge in [-0.1, -0.05) is 48.5 Å². The van der Waals surface area contributed by atoms with Crippen molar-refractivity contribution in [1.82, 2.24) is 4.90 Å². The van der Waals surface area contributed by atoms with Gasteiger partial charge in [0.15, 0.2) is 0 Å². The summed E-state index contributed by atoms with van der Waals surface area (Å²) in [6.07, 6.45) is 0.167. The summed E-state index contributed by atoms with van der Waals surface area (Å²) in [6.45, 7) is 3.45. The van der Waals surface area contributed by atoms with Crippen LogP contribution in [-0.4, -0.2) is 41.7 Å². The van der Waals surface area contributed by atoms with Gasteiger partial charge in [-0.25, -0.2) is 0 Å². The van der Waals surface area contributed by atoms with Gasteiger partial charge in [0.2, 0.25) is 0 Å². The fraction of sp³-hybridized carbons (Fsp3) is 0.316. The monoisotopic (exact) mass is 310 g/mol. The summed E-state index contributed by atoms with van der Waals surface area (Å²) in [6, 6.07) is 20.5. The van der Waals surface area contributed by atoms with E-state index in [4.69, 9.17) is 0 Å². The number of carbonyl (C=O) groups is 1. The molecule has 1 fully saturated rings. The second-order valence-electron chi connectivity index (χ2n) is 6.00. The number of rotatable bonds is 5. The van der Waals surface area contributed by atoms with Gasteiger partial charge in [-0.05, 0) is 17.7 Å². The number of benzene rings is 2. The van der Waals surface area contributed by atoms with E-state index < -0.39 is 5.97 Å². The Labute approximate surface area is 137 Å². The molecule has 0 aromatic heterocycles. The molecule has 0 unspecified atom stereocenters. The van der Waals surface area contributed by atoms with Gasteiger partial charge in [0.05, 0.1) is 12.5 Å². The molecule has 1 heterocycles. The molecule has 1 atom stereocenters. The summed E-state index contributed by atoms with van der Waals surface area (Å²) in [5.41, 5.74) is 2.38. The molecule has 120 valence electrons. The van der Waals surface area contributed by atoms with Crippen LogP contribution in [0.2, 0.25) is 0 Å². The number of nitrogens with zero attached hydrogens (tertiary/aromatic N) is 2. The van der Waals surface area contributed by atoms with Crippen LogP contribution in [0.15, 0.2) is 60.7 Å². The Morgan fingerprint density at radius 2 is 1.65 bits per heavy atom. The number of hydrogen-bond acceptors (Lipinski definition) is 3. The van der Waals surface area contributed by atoms with Gasteiger partial charge < -0.3 is 10.0 Å². The Hall–Kier alpha value is -2.33. The van der Waals surface area contributed by atoms with Crippen LogP contribution in [0, 0.1) is 0 Å². The summed E-state index contributed by atoms with van der Waals surface area (Å²) in [7, 11) is 0. The third-order valence-electron chi connectivity index (χ3n) is 4.31. The first-order valence-corrected chi connectivity index (χ1v) is 8.02. The second kappa shape index (κ2) is 7.29. The predicted molar refractivity (Wildman–Crippen MR) is 91.5 cm³/mol. The number of carboxylic acid groups (broad SMARTS) is 1. The molecule has 1 saturated heterocycles. The summed E-state index contributed by atoms with van der Waals surface area (Å²) in [5.74, 6) is -0.738. The topological polar surface area (TPSA) is 43.8 Å². The molecule has 1 N–H and O–H groups in total. The minimum atomic E-state index is -0.738. The van der Waals surface area contributed by atoms with E-state index in [-0.39, 0.29) is 12.5 Å². The van der Waals surface area contributed by atoms with Crippen molar-refractivity contribution in [2.75, 3.05) is 24.5 Å². The average molecular weight is 310 g/mol. The van der Waals surface area contributed by atoms with Crippen LogP contribution in [0.1, 0.15) is 12.0 Å². The highest BCUT2D eigenvalue weighted by Gasteiger charge is 2.28. The Morgan fingerprint density at radius 1 is 1.00 bits per heavy atom. The first-order valence-electron chi connectivity index (χ1n) is 8.02. The Bertz CT molecular complexity index is 630. The van der Waals surface area contributed by atoms with Crippen molar-refractivity contribution in [2.24, 2.45) is 0 Å². The van der Waals surface area contributed by atoms with E-state index >= 15 is 0 Å². The van der Waals surface area contributed by atoms with Gasteiger partial charge in [0.1, 0.15) is 0 Å². The number of para-hydroxylation sites is 1. The van der Waals surface area contributed by atoms with Crippen molar-refractivity contribution in [1.29, 1.82) is 0 Å². The minimum absolute atomic E-state index is 0.00682. The lowest BCUT2D eigenvalue weighted by Crippen LogP contribution is -2.53. The third kappa shape index (κ3) is 4.11. The standard InChI is InChI=1S/C19H22N2O2/c22-19(23)13-18-15-20(14-16-7-3-1-4-8-16)11-12-21(18)17-9-5-2-6-10-17/h1-10,18H,11-15H2,(H,22,23)/t18-/m0/s1. The van der Waals surface area contributed by atoms with E-state index in [9.17, 15) is 9.90 Å². The Morgan fingerprint density at radius 3 is 2.30 bits per heavy atom. The molecule has 0 bridgehead atoms. The number of hydrogen-bond donors (Lipinski definition) is 1. The van der Waals surface area contributed by atoms with Crippen LogP contribution in [0.25, 0.3) is 0 Å². The molecule has 0 aliphatic carbocycles. The molecule has 2 aromatic carbocycles. The fourth-order valence-corrected chi connectivity index (χ4v) is 3.24.